The van der Waals surface area contributed by atoms with E-state index in [1.807, 2.05) is 12.1 Å². The van der Waals surface area contributed by atoms with E-state index in [9.17, 15) is 58.5 Å². The van der Waals surface area contributed by atoms with E-state index < -0.39 is 120 Å². The fourth-order valence-corrected chi connectivity index (χ4v) is 9.58. The van der Waals surface area contributed by atoms with Crippen LogP contribution in [0.15, 0.2) is 133 Å². The Bertz CT molecular complexity index is 3040. The van der Waals surface area contributed by atoms with Crippen LogP contribution in [-0.4, -0.2) is 151 Å². The molecule has 9 atom stereocenters. The minimum Gasteiger partial charge on any atom is -0.508 e. The molecule has 7 amide bonds. The monoisotopic (exact) mass is 1200 g/mol. The van der Waals surface area contributed by atoms with Gasteiger partial charge in [-0.25, -0.2) is 9.78 Å². The molecule has 1 saturated heterocycles. The zero-order chi connectivity index (χ0) is 63.6. The molecule has 87 heavy (non-hydrogen) atoms. The van der Waals surface area contributed by atoms with Crippen LogP contribution in [0.5, 0.6) is 5.75 Å². The summed E-state index contributed by atoms with van der Waals surface area (Å²) >= 11 is 0. The molecule has 0 unspecified atom stereocenters. The number of nitrogens with two attached hydrogens (primary N) is 3. The molecule has 6 rings (SSSR count). The molecular weight excluding hydrogens is 1120 g/mol. The van der Waals surface area contributed by atoms with Gasteiger partial charge in [0.2, 0.25) is 41.4 Å². The number of guanidine groups is 1. The largest absolute Gasteiger partial charge is 0.508 e. The first-order valence-electron chi connectivity index (χ1n) is 28.8. The number of likely N-dealkylation sites (tertiary alicyclic amines) is 1. The van der Waals surface area contributed by atoms with Gasteiger partial charge >= 0.3 is 11.9 Å². The Morgan fingerprint density at radius 1 is 0.655 bits per heavy atom. The normalized spacial score (nSPS) is 15.4. The lowest BCUT2D eigenvalue weighted by Gasteiger charge is -2.32. The minimum absolute atomic E-state index is 0.00211. The van der Waals surface area contributed by atoms with Crippen molar-refractivity contribution in [2.45, 2.75) is 134 Å². The molecule has 2 heterocycles. The van der Waals surface area contributed by atoms with Gasteiger partial charge in [-0.3, -0.25) is 43.3 Å². The number of H-pyrrole nitrogens is 1. The number of carboxylic acid groups (broad SMARTS) is 2. The molecule has 0 saturated carbocycles. The molecule has 1 aromatic heterocycles. The second-order valence-corrected chi connectivity index (χ2v) is 21.6. The van der Waals surface area contributed by atoms with Crippen molar-refractivity contribution in [2.75, 3.05) is 13.1 Å². The number of benzene rings is 4. The van der Waals surface area contributed by atoms with Gasteiger partial charge in [0.1, 0.15) is 48.0 Å². The van der Waals surface area contributed by atoms with Crippen LogP contribution in [-0.2, 0) is 62.4 Å². The summed E-state index contributed by atoms with van der Waals surface area (Å²) in [7, 11) is 0. The van der Waals surface area contributed by atoms with Crippen molar-refractivity contribution in [3.8, 4) is 16.9 Å². The van der Waals surface area contributed by atoms with E-state index in [0.717, 1.165) is 0 Å². The Morgan fingerprint density at radius 2 is 1.20 bits per heavy atom. The Hall–Kier alpha value is -9.65. The van der Waals surface area contributed by atoms with Gasteiger partial charge in [-0.1, -0.05) is 137 Å². The van der Waals surface area contributed by atoms with E-state index in [2.05, 4.69) is 95.4 Å². The Morgan fingerprint density at radius 3 is 1.75 bits per heavy atom. The highest BCUT2D eigenvalue weighted by Crippen LogP contribution is 2.22. The maximum Gasteiger partial charge on any atom is 0.326 e. The fourth-order valence-electron chi connectivity index (χ4n) is 9.58. The number of carbonyl (C=O) groups is 9. The summed E-state index contributed by atoms with van der Waals surface area (Å²) in [6.07, 6.45) is 2.92. The molecule has 0 bridgehead atoms. The van der Waals surface area contributed by atoms with Crippen molar-refractivity contribution in [2.24, 2.45) is 34.0 Å². The molecule has 0 radical (unpaired) electrons. The standard InChI is InChI=1S/C50H71N13O12.C12H10/c1-5-28(4)41(47(72)59-36(23-31-25-54-26-56-31)48(73)63-20-10-14-38(63)45(70)60-37(49(74)75)22-29-11-7-6-8-12-29)62-44(69)35(21-30-15-17-32(64)18-16-30)58-46(71)40(27(2)3)61-43(68)34(13-9-19-55-50(52)53)57-42(67)33(51)24-39(65)66;1-3-7-11(8-4-1)12-9-5-2-6-10-12/h6-8,11-12,15-18,25-28,33-38,40-41,64H,5,9-10,13-14,19-24,51H2,1-4H3,(H,54,56)(H,57,67)(H,58,71)(H,59,72)(H,60,70)(H,61,68)(H,62,69)(H,65,66)(H,74,75)(H4,52,53,55);1-10H/t28-,33-,34-,35-,36-,37-,38-,40-,41-;/m0./s1. The van der Waals surface area contributed by atoms with E-state index in [0.29, 0.717) is 29.7 Å². The zero-order valence-electron chi connectivity index (χ0n) is 49.3. The van der Waals surface area contributed by atoms with Crippen LogP contribution in [0, 0.1) is 11.8 Å². The lowest BCUT2D eigenvalue weighted by Crippen LogP contribution is -2.62. The molecule has 1 aliphatic heterocycles. The molecule has 4 aromatic carbocycles. The second kappa shape index (κ2) is 34.3. The first-order valence-corrected chi connectivity index (χ1v) is 28.8. The highest BCUT2D eigenvalue weighted by Gasteiger charge is 2.41. The topological polar surface area (TPSA) is 409 Å². The third-order valence-electron chi connectivity index (χ3n) is 14.6. The van der Waals surface area contributed by atoms with Gasteiger partial charge in [0.25, 0.3) is 0 Å². The van der Waals surface area contributed by atoms with Gasteiger partial charge in [0.15, 0.2) is 5.96 Å². The van der Waals surface area contributed by atoms with Gasteiger partial charge in [-0.15, -0.1) is 0 Å². The van der Waals surface area contributed by atoms with Gasteiger partial charge in [0, 0.05) is 44.2 Å². The highest BCUT2D eigenvalue weighted by molar-refractivity contribution is 5.98. The number of hydrogen-bond donors (Lipinski definition) is 13. The predicted molar refractivity (Wildman–Crippen MR) is 325 cm³/mol. The van der Waals surface area contributed by atoms with Gasteiger partial charge in [0.05, 0.1) is 18.8 Å². The molecular formula is C62H81N13O12. The van der Waals surface area contributed by atoms with Crippen molar-refractivity contribution in [1.29, 1.82) is 0 Å². The molecule has 25 heteroatoms. The molecule has 0 spiro atoms. The number of phenolic OH excluding ortho intramolecular Hbond substituents is 1. The van der Waals surface area contributed by atoms with Crippen LogP contribution in [0.1, 0.15) is 83.0 Å². The summed E-state index contributed by atoms with van der Waals surface area (Å²) < 4.78 is 0. The number of aliphatic carboxylic acids is 2. The number of nitrogens with one attached hydrogen (secondary N) is 7. The van der Waals surface area contributed by atoms with Crippen LogP contribution in [0.25, 0.3) is 11.1 Å². The van der Waals surface area contributed by atoms with Gasteiger partial charge in [-0.2, -0.15) is 0 Å². The second-order valence-electron chi connectivity index (χ2n) is 21.6. The molecule has 16 N–H and O–H groups in total. The van der Waals surface area contributed by atoms with Crippen LogP contribution in [0.2, 0.25) is 0 Å². The van der Waals surface area contributed by atoms with E-state index >= 15 is 0 Å². The molecule has 25 nitrogen and oxygen atoms in total. The number of aromatic amines is 1. The Balaban J connectivity index is 0.00000101. The summed E-state index contributed by atoms with van der Waals surface area (Å²) in [5.41, 5.74) is 20.8. The van der Waals surface area contributed by atoms with E-state index in [1.54, 1.807) is 58.0 Å². The first-order chi connectivity index (χ1) is 41.5. The average molecular weight is 1200 g/mol. The fraction of sp³-hybridized carbons (Fsp3) is 0.403. The van der Waals surface area contributed by atoms with Crippen molar-refractivity contribution >= 4 is 59.2 Å². The highest BCUT2D eigenvalue weighted by atomic mass is 16.4. The number of carboxylic acids is 2. The number of rotatable bonds is 30. The maximum atomic E-state index is 14.6. The van der Waals surface area contributed by atoms with Gasteiger partial charge in [-0.05, 0) is 71.9 Å². The molecule has 1 fully saturated rings. The molecule has 466 valence electrons. The zero-order valence-corrected chi connectivity index (χ0v) is 49.3. The van der Waals surface area contributed by atoms with Crippen molar-refractivity contribution in [3.05, 3.63) is 145 Å². The summed E-state index contributed by atoms with van der Waals surface area (Å²) in [4.78, 5) is 134. The van der Waals surface area contributed by atoms with E-state index in [4.69, 9.17) is 17.2 Å². The maximum absolute atomic E-state index is 14.6. The van der Waals surface area contributed by atoms with Gasteiger partial charge < -0.3 is 74.3 Å². The number of carbonyl (C=O) groups excluding carboxylic acids is 7. The van der Waals surface area contributed by atoms with Crippen LogP contribution in [0.3, 0.4) is 0 Å². The number of phenols is 1. The van der Waals surface area contributed by atoms with E-state index in [1.165, 1.54) is 52.8 Å². The number of aliphatic imine (C=N–C) groups is 1. The summed E-state index contributed by atoms with van der Waals surface area (Å²) in [5, 5.41) is 45.1. The van der Waals surface area contributed by atoms with Crippen LogP contribution < -0.4 is 49.1 Å². The minimum atomic E-state index is -1.51. The quantitative estimate of drug-likeness (QED) is 0.0178. The SMILES string of the molecule is CC[C@H](C)[C@H](NC(=O)[C@H](Cc1ccc(O)cc1)NC(=O)[C@@H](NC(=O)[C@H](CCCN=C(N)N)NC(=O)[C@@H](N)CC(=O)O)C(C)C)C(=O)N[C@@H](Cc1cnc[nH]1)C(=O)N1CCC[C@H]1C(=O)N[C@@H](Cc1ccccc1)C(=O)O.c1ccc(-c2ccccc2)cc1. The molecule has 1 aliphatic rings. The smallest absolute Gasteiger partial charge is 0.326 e. The molecule has 0 aliphatic carbocycles. The third-order valence-corrected chi connectivity index (χ3v) is 14.6. The van der Waals surface area contributed by atoms with E-state index in [-0.39, 0.29) is 63.3 Å². The van der Waals surface area contributed by atoms with Crippen molar-refractivity contribution in [3.63, 3.8) is 0 Å². The van der Waals surface area contributed by atoms with Crippen LogP contribution in [0.4, 0.5) is 0 Å². The number of hydrogen-bond acceptors (Lipinski definition) is 13. The first kappa shape index (κ1) is 68.1. The summed E-state index contributed by atoms with van der Waals surface area (Å²) in [6.45, 7) is 6.90. The average Bonchev–Trinajstić information content (AvgIpc) is 2.68. The summed E-state index contributed by atoms with van der Waals surface area (Å²) in [6, 6.07) is 24.7. The summed E-state index contributed by atoms with van der Waals surface area (Å²) in [5.74, 6) is -9.64. The number of aromatic hydroxyl groups is 1. The lowest BCUT2D eigenvalue weighted by molar-refractivity contribution is -0.145. The van der Waals surface area contributed by atoms with Crippen LogP contribution >= 0.6 is 0 Å². The Labute approximate surface area is 505 Å². The lowest BCUT2D eigenvalue weighted by atomic mass is 9.96. The third kappa shape index (κ3) is 22.1. The number of amides is 7. The van der Waals surface area contributed by atoms with Crippen molar-refractivity contribution < 1.29 is 58.5 Å². The number of nitrogens with zero attached hydrogens (tertiary/aromatic N) is 3. The van der Waals surface area contributed by atoms with Crippen molar-refractivity contribution in [1.82, 2.24) is 46.8 Å². The molecule has 5 aromatic rings. The number of aromatic nitrogens is 2. The Kier molecular flexibility index (Phi) is 26.9. The predicted octanol–water partition coefficient (Wildman–Crippen LogP) is 2.04. The number of imidazole rings is 1.